The number of carbonyl (C=O) groups excluding carboxylic acids is 1. The summed E-state index contributed by atoms with van der Waals surface area (Å²) in [6.07, 6.45) is 4.00. The number of anilines is 1. The molecular formula is C14H19ClN2O. The lowest BCUT2D eigenvalue weighted by molar-refractivity contribution is -0.124. The molecule has 3 nitrogen and oxygen atoms in total. The van der Waals surface area contributed by atoms with Crippen LogP contribution < -0.4 is 11.1 Å². The summed E-state index contributed by atoms with van der Waals surface area (Å²) in [7, 11) is 0. The third kappa shape index (κ3) is 2.46. The maximum atomic E-state index is 11.9. The van der Waals surface area contributed by atoms with Gasteiger partial charge < -0.3 is 11.1 Å². The molecule has 1 amide bonds. The van der Waals surface area contributed by atoms with Gasteiger partial charge in [-0.05, 0) is 37.0 Å². The van der Waals surface area contributed by atoms with E-state index in [9.17, 15) is 4.79 Å². The molecule has 0 bridgehead atoms. The number of amides is 1. The predicted molar refractivity (Wildman–Crippen MR) is 74.6 cm³/mol. The van der Waals surface area contributed by atoms with Crippen LogP contribution in [0.25, 0.3) is 0 Å². The highest BCUT2D eigenvalue weighted by atomic mass is 35.5. The van der Waals surface area contributed by atoms with Gasteiger partial charge in [-0.15, -0.1) is 0 Å². The molecule has 3 N–H and O–H groups in total. The molecular weight excluding hydrogens is 248 g/mol. The fourth-order valence-corrected chi connectivity index (χ4v) is 2.97. The first-order chi connectivity index (χ1) is 8.54. The maximum Gasteiger partial charge on any atom is 0.243 e. The summed E-state index contributed by atoms with van der Waals surface area (Å²) in [4.78, 5) is 11.9. The van der Waals surface area contributed by atoms with E-state index in [1.165, 1.54) is 0 Å². The van der Waals surface area contributed by atoms with Crippen molar-refractivity contribution in [2.75, 3.05) is 5.32 Å². The van der Waals surface area contributed by atoms with E-state index in [1.54, 1.807) is 0 Å². The lowest BCUT2D eigenvalue weighted by Gasteiger charge is -2.41. The monoisotopic (exact) mass is 266 g/mol. The van der Waals surface area contributed by atoms with Gasteiger partial charge in [0.05, 0.1) is 0 Å². The lowest BCUT2D eigenvalue weighted by atomic mass is 9.73. The fraction of sp³-hybridized carbons (Fsp3) is 0.500. The van der Waals surface area contributed by atoms with Crippen LogP contribution in [0, 0.1) is 5.92 Å². The molecule has 2 rings (SSSR count). The van der Waals surface area contributed by atoms with Crippen LogP contribution in [0.5, 0.6) is 0 Å². The third-order valence-corrected chi connectivity index (χ3v) is 4.17. The normalized spacial score (nSPS) is 27.8. The first kappa shape index (κ1) is 13.2. The summed E-state index contributed by atoms with van der Waals surface area (Å²) in [6.45, 7) is 2.08. The first-order valence-corrected chi connectivity index (χ1v) is 6.76. The molecule has 4 heteroatoms. The van der Waals surface area contributed by atoms with Gasteiger partial charge in [0.25, 0.3) is 0 Å². The van der Waals surface area contributed by atoms with Crippen LogP contribution in [0.4, 0.5) is 5.69 Å². The summed E-state index contributed by atoms with van der Waals surface area (Å²) in [5, 5.41) is 3.98. The Labute approximate surface area is 113 Å². The number of benzene rings is 1. The van der Waals surface area contributed by atoms with E-state index in [4.69, 9.17) is 17.3 Å². The molecule has 1 aromatic carbocycles. The summed E-state index contributed by atoms with van der Waals surface area (Å²) in [6, 6.07) is 7.42. The largest absolute Gasteiger partial charge is 0.371 e. The van der Waals surface area contributed by atoms with Crippen molar-refractivity contribution in [3.63, 3.8) is 0 Å². The van der Waals surface area contributed by atoms with Gasteiger partial charge in [-0.1, -0.05) is 37.4 Å². The molecule has 98 valence electrons. The second-order valence-electron chi connectivity index (χ2n) is 5.12. The van der Waals surface area contributed by atoms with Crippen LogP contribution in [0.3, 0.4) is 0 Å². The SMILES string of the molecule is CC1CCCCC1(Nc1cccc(Cl)c1)C(N)=O. The van der Waals surface area contributed by atoms with Gasteiger partial charge in [-0.2, -0.15) is 0 Å². The van der Waals surface area contributed by atoms with Gasteiger partial charge in [0, 0.05) is 10.7 Å². The average molecular weight is 267 g/mol. The van der Waals surface area contributed by atoms with Crippen LogP contribution >= 0.6 is 11.6 Å². The van der Waals surface area contributed by atoms with Gasteiger partial charge in [-0.25, -0.2) is 0 Å². The molecule has 0 aliphatic heterocycles. The molecule has 1 aromatic rings. The second kappa shape index (κ2) is 5.19. The topological polar surface area (TPSA) is 55.1 Å². The molecule has 18 heavy (non-hydrogen) atoms. The molecule has 0 spiro atoms. The molecule has 2 atom stereocenters. The Morgan fingerprint density at radius 2 is 2.28 bits per heavy atom. The fourth-order valence-electron chi connectivity index (χ4n) is 2.78. The van der Waals surface area contributed by atoms with E-state index in [0.29, 0.717) is 5.02 Å². The Morgan fingerprint density at radius 3 is 2.89 bits per heavy atom. The molecule has 0 aromatic heterocycles. The van der Waals surface area contributed by atoms with Crippen molar-refractivity contribution in [2.24, 2.45) is 11.7 Å². The summed E-state index contributed by atoms with van der Waals surface area (Å²) < 4.78 is 0. The molecule has 1 aliphatic rings. The standard InChI is InChI=1S/C14H19ClN2O/c1-10-5-2-3-8-14(10,13(16)18)17-12-7-4-6-11(15)9-12/h4,6-7,9-10,17H,2-3,5,8H2,1H3,(H2,16,18). The van der Waals surface area contributed by atoms with Crippen molar-refractivity contribution < 1.29 is 4.79 Å². The minimum absolute atomic E-state index is 0.239. The van der Waals surface area contributed by atoms with Crippen LogP contribution in [-0.4, -0.2) is 11.4 Å². The van der Waals surface area contributed by atoms with Crippen molar-refractivity contribution in [2.45, 2.75) is 38.1 Å². The predicted octanol–water partition coefficient (Wildman–Crippen LogP) is 3.19. The van der Waals surface area contributed by atoms with Gasteiger partial charge in [0.1, 0.15) is 5.54 Å². The van der Waals surface area contributed by atoms with Crippen LogP contribution in [0.1, 0.15) is 32.6 Å². The van der Waals surface area contributed by atoms with Crippen molar-refractivity contribution in [3.05, 3.63) is 29.3 Å². The number of nitrogens with one attached hydrogen (secondary N) is 1. The van der Waals surface area contributed by atoms with Crippen LogP contribution in [0.2, 0.25) is 5.02 Å². The quantitative estimate of drug-likeness (QED) is 0.883. The Bertz CT molecular complexity index is 449. The Kier molecular flexibility index (Phi) is 3.81. The lowest BCUT2D eigenvalue weighted by Crippen LogP contribution is -2.56. The zero-order valence-corrected chi connectivity index (χ0v) is 11.3. The van der Waals surface area contributed by atoms with Gasteiger partial charge >= 0.3 is 0 Å². The van der Waals surface area contributed by atoms with E-state index in [1.807, 2.05) is 24.3 Å². The van der Waals surface area contributed by atoms with E-state index in [-0.39, 0.29) is 11.8 Å². The van der Waals surface area contributed by atoms with E-state index < -0.39 is 5.54 Å². The van der Waals surface area contributed by atoms with E-state index >= 15 is 0 Å². The summed E-state index contributed by atoms with van der Waals surface area (Å²) in [5.41, 5.74) is 5.86. The molecule has 2 unspecified atom stereocenters. The Hall–Kier alpha value is -1.22. The number of rotatable bonds is 3. The Balaban J connectivity index is 2.28. The first-order valence-electron chi connectivity index (χ1n) is 6.38. The molecule has 1 aliphatic carbocycles. The summed E-state index contributed by atoms with van der Waals surface area (Å²) in [5.74, 6) is -0.0302. The number of hydrogen-bond donors (Lipinski definition) is 2. The molecule has 1 saturated carbocycles. The highest BCUT2D eigenvalue weighted by molar-refractivity contribution is 6.30. The van der Waals surface area contributed by atoms with E-state index in [2.05, 4.69) is 12.2 Å². The zero-order chi connectivity index (χ0) is 13.2. The van der Waals surface area contributed by atoms with Crippen molar-refractivity contribution in [1.29, 1.82) is 0 Å². The van der Waals surface area contributed by atoms with Crippen molar-refractivity contribution >= 4 is 23.2 Å². The minimum Gasteiger partial charge on any atom is -0.371 e. The number of primary amides is 1. The van der Waals surface area contributed by atoms with Gasteiger partial charge in [-0.3, -0.25) is 4.79 Å². The van der Waals surface area contributed by atoms with Crippen LogP contribution in [0.15, 0.2) is 24.3 Å². The number of halogens is 1. The zero-order valence-electron chi connectivity index (χ0n) is 10.6. The summed E-state index contributed by atoms with van der Waals surface area (Å²) >= 11 is 5.97. The number of carbonyl (C=O) groups is 1. The highest BCUT2D eigenvalue weighted by Gasteiger charge is 2.43. The molecule has 0 radical (unpaired) electrons. The molecule has 0 heterocycles. The second-order valence-corrected chi connectivity index (χ2v) is 5.55. The third-order valence-electron chi connectivity index (χ3n) is 3.93. The van der Waals surface area contributed by atoms with Crippen molar-refractivity contribution in [1.82, 2.24) is 0 Å². The van der Waals surface area contributed by atoms with Gasteiger partial charge in [0.2, 0.25) is 5.91 Å². The Morgan fingerprint density at radius 1 is 1.50 bits per heavy atom. The highest BCUT2D eigenvalue weighted by Crippen LogP contribution is 2.36. The number of nitrogens with two attached hydrogens (primary N) is 1. The maximum absolute atomic E-state index is 11.9. The average Bonchev–Trinajstić information content (AvgIpc) is 2.32. The molecule has 0 saturated heterocycles. The van der Waals surface area contributed by atoms with Crippen molar-refractivity contribution in [3.8, 4) is 0 Å². The van der Waals surface area contributed by atoms with Gasteiger partial charge in [0.15, 0.2) is 0 Å². The van der Waals surface area contributed by atoms with E-state index in [0.717, 1.165) is 31.4 Å². The molecule has 1 fully saturated rings. The van der Waals surface area contributed by atoms with Crippen LogP contribution in [-0.2, 0) is 4.79 Å². The number of hydrogen-bond acceptors (Lipinski definition) is 2. The minimum atomic E-state index is -0.636. The smallest absolute Gasteiger partial charge is 0.243 e.